The minimum Gasteiger partial charge on any atom is -0.497 e. The van der Waals surface area contributed by atoms with Crippen LogP contribution in [0.4, 0.5) is 26.4 Å². The van der Waals surface area contributed by atoms with Crippen LogP contribution in [-0.4, -0.2) is 31.2 Å². The van der Waals surface area contributed by atoms with Crippen LogP contribution < -0.4 is 20.3 Å². The van der Waals surface area contributed by atoms with Crippen molar-refractivity contribution in [3.63, 3.8) is 0 Å². The van der Waals surface area contributed by atoms with E-state index in [1.807, 2.05) is 12.1 Å². The minimum atomic E-state index is -0.460. The monoisotopic (exact) mass is 380 g/mol. The van der Waals surface area contributed by atoms with Gasteiger partial charge in [-0.25, -0.2) is 14.2 Å². The van der Waals surface area contributed by atoms with Crippen molar-refractivity contribution in [3.8, 4) is 5.75 Å². The number of ether oxygens (including phenoxy) is 1. The van der Waals surface area contributed by atoms with Gasteiger partial charge in [-0.15, -0.1) is 0 Å². The highest BCUT2D eigenvalue weighted by Gasteiger charge is 2.15. The summed E-state index contributed by atoms with van der Waals surface area (Å²) < 4.78 is 19.7. The SMILES string of the molecule is COc1ccc(NC(=O)Nc2cc(F)c3nc(N4CCCC4)ccc3c2)cc1. The van der Waals surface area contributed by atoms with Crippen molar-refractivity contribution < 1.29 is 13.9 Å². The maximum absolute atomic E-state index is 14.6. The zero-order valence-corrected chi connectivity index (χ0v) is 15.5. The Labute approximate surface area is 162 Å². The molecule has 1 aliphatic heterocycles. The number of amides is 2. The lowest BCUT2D eigenvalue weighted by molar-refractivity contribution is 0.262. The summed E-state index contributed by atoms with van der Waals surface area (Å²) in [7, 11) is 1.58. The molecule has 1 fully saturated rings. The summed E-state index contributed by atoms with van der Waals surface area (Å²) in [5.41, 5.74) is 1.29. The Morgan fingerprint density at radius 1 is 1.04 bits per heavy atom. The number of hydrogen-bond acceptors (Lipinski definition) is 4. The molecule has 2 aromatic carbocycles. The number of fused-ring (bicyclic) bond motifs is 1. The number of nitrogens with one attached hydrogen (secondary N) is 2. The number of hydrogen-bond donors (Lipinski definition) is 2. The molecule has 2 N–H and O–H groups in total. The zero-order chi connectivity index (χ0) is 19.5. The van der Waals surface area contributed by atoms with Gasteiger partial charge in [0.15, 0.2) is 5.82 Å². The summed E-state index contributed by atoms with van der Waals surface area (Å²) in [6.07, 6.45) is 2.27. The molecule has 4 rings (SSSR count). The van der Waals surface area contributed by atoms with Gasteiger partial charge in [0.1, 0.15) is 17.1 Å². The number of benzene rings is 2. The highest BCUT2D eigenvalue weighted by atomic mass is 19.1. The number of carbonyl (C=O) groups excluding carboxylic acids is 1. The van der Waals surface area contributed by atoms with Gasteiger partial charge in [-0.2, -0.15) is 0 Å². The van der Waals surface area contributed by atoms with Crippen LogP contribution in [0.15, 0.2) is 48.5 Å². The Bertz CT molecular complexity index is 1000. The molecule has 1 saturated heterocycles. The van der Waals surface area contributed by atoms with E-state index >= 15 is 0 Å². The van der Waals surface area contributed by atoms with Gasteiger partial charge < -0.3 is 20.3 Å². The van der Waals surface area contributed by atoms with Crippen LogP contribution >= 0.6 is 0 Å². The van der Waals surface area contributed by atoms with Gasteiger partial charge in [-0.1, -0.05) is 0 Å². The summed E-state index contributed by atoms with van der Waals surface area (Å²) in [5, 5.41) is 6.01. The molecule has 0 aliphatic carbocycles. The van der Waals surface area contributed by atoms with Crippen LogP contribution in [-0.2, 0) is 0 Å². The van der Waals surface area contributed by atoms with Gasteiger partial charge in [0.05, 0.1) is 7.11 Å². The van der Waals surface area contributed by atoms with Crippen molar-refractivity contribution in [1.82, 2.24) is 4.98 Å². The fraction of sp³-hybridized carbons (Fsp3) is 0.238. The number of halogens is 1. The van der Waals surface area contributed by atoms with E-state index in [1.54, 1.807) is 37.4 Å². The fourth-order valence-corrected chi connectivity index (χ4v) is 3.34. The van der Waals surface area contributed by atoms with Crippen molar-refractivity contribution in [2.45, 2.75) is 12.8 Å². The smallest absolute Gasteiger partial charge is 0.323 e. The van der Waals surface area contributed by atoms with Crippen molar-refractivity contribution in [2.75, 3.05) is 35.7 Å². The van der Waals surface area contributed by atoms with E-state index in [0.29, 0.717) is 28.0 Å². The lowest BCUT2D eigenvalue weighted by Crippen LogP contribution is -2.20. The van der Waals surface area contributed by atoms with Crippen molar-refractivity contribution >= 4 is 34.1 Å². The number of pyridine rings is 1. The van der Waals surface area contributed by atoms with Crippen LogP contribution in [0.25, 0.3) is 10.9 Å². The maximum atomic E-state index is 14.6. The molecule has 2 heterocycles. The first kappa shape index (κ1) is 18.0. The van der Waals surface area contributed by atoms with Gasteiger partial charge in [0.2, 0.25) is 0 Å². The molecular formula is C21H21FN4O2. The Morgan fingerprint density at radius 3 is 2.46 bits per heavy atom. The molecule has 0 spiro atoms. The van der Waals surface area contributed by atoms with Crippen LogP contribution in [0.1, 0.15) is 12.8 Å². The molecule has 7 heteroatoms. The molecule has 6 nitrogen and oxygen atoms in total. The molecule has 28 heavy (non-hydrogen) atoms. The van der Waals surface area contributed by atoms with Gasteiger partial charge in [-0.3, -0.25) is 0 Å². The molecule has 0 bridgehead atoms. The summed E-state index contributed by atoms with van der Waals surface area (Å²) in [5.74, 6) is 1.03. The molecule has 3 aromatic rings. The molecule has 144 valence electrons. The van der Waals surface area contributed by atoms with Gasteiger partial charge in [0, 0.05) is 29.9 Å². The molecule has 0 unspecified atom stereocenters. The van der Waals surface area contributed by atoms with E-state index in [2.05, 4.69) is 20.5 Å². The standard InChI is InChI=1S/C21H21FN4O2/c1-28-17-7-5-15(6-8-17)23-21(27)24-16-12-14-4-9-19(26-10-2-3-11-26)25-20(14)18(22)13-16/h4-9,12-13H,2-3,10-11H2,1H3,(H2,23,24,27). The second-order valence-corrected chi connectivity index (χ2v) is 6.70. The zero-order valence-electron chi connectivity index (χ0n) is 15.5. The molecule has 1 aromatic heterocycles. The molecule has 0 saturated carbocycles. The third-order valence-corrected chi connectivity index (χ3v) is 4.77. The average molecular weight is 380 g/mol. The lowest BCUT2D eigenvalue weighted by Gasteiger charge is -2.17. The number of carbonyl (C=O) groups is 1. The summed E-state index contributed by atoms with van der Waals surface area (Å²) in [4.78, 5) is 18.8. The summed E-state index contributed by atoms with van der Waals surface area (Å²) in [6.45, 7) is 1.90. The number of nitrogens with zero attached hydrogens (tertiary/aromatic N) is 2. The molecular weight excluding hydrogens is 359 g/mol. The number of methoxy groups -OCH3 is 1. The number of anilines is 3. The van der Waals surface area contributed by atoms with Crippen molar-refractivity contribution in [2.24, 2.45) is 0 Å². The fourth-order valence-electron chi connectivity index (χ4n) is 3.34. The van der Waals surface area contributed by atoms with E-state index in [9.17, 15) is 9.18 Å². The van der Waals surface area contributed by atoms with Crippen LogP contribution in [0, 0.1) is 5.82 Å². The molecule has 0 atom stereocenters. The average Bonchev–Trinajstić information content (AvgIpc) is 3.23. The van der Waals surface area contributed by atoms with Crippen molar-refractivity contribution in [1.29, 1.82) is 0 Å². The first-order valence-electron chi connectivity index (χ1n) is 9.20. The van der Waals surface area contributed by atoms with Gasteiger partial charge in [0.25, 0.3) is 0 Å². The predicted molar refractivity (Wildman–Crippen MR) is 109 cm³/mol. The molecule has 1 aliphatic rings. The third kappa shape index (κ3) is 3.83. The van der Waals surface area contributed by atoms with Crippen LogP contribution in [0.5, 0.6) is 5.75 Å². The van der Waals surface area contributed by atoms with E-state index in [0.717, 1.165) is 31.7 Å². The van der Waals surface area contributed by atoms with Gasteiger partial charge >= 0.3 is 6.03 Å². The minimum absolute atomic E-state index is 0.311. The van der Waals surface area contributed by atoms with E-state index in [4.69, 9.17) is 4.74 Å². The van der Waals surface area contributed by atoms with Gasteiger partial charge in [-0.05, 0) is 61.4 Å². The second kappa shape index (κ2) is 7.72. The Kier molecular flexibility index (Phi) is 4.97. The summed E-state index contributed by atoms with van der Waals surface area (Å²) >= 11 is 0. The number of rotatable bonds is 4. The Morgan fingerprint density at radius 2 is 1.75 bits per heavy atom. The van der Waals surface area contributed by atoms with Crippen molar-refractivity contribution in [3.05, 3.63) is 54.3 Å². The quantitative estimate of drug-likeness (QED) is 0.693. The predicted octanol–water partition coefficient (Wildman–Crippen LogP) is 4.63. The first-order valence-corrected chi connectivity index (χ1v) is 9.20. The Hall–Kier alpha value is -3.35. The third-order valence-electron chi connectivity index (χ3n) is 4.77. The molecule has 0 radical (unpaired) electrons. The maximum Gasteiger partial charge on any atom is 0.323 e. The normalized spacial score (nSPS) is 13.6. The lowest BCUT2D eigenvalue weighted by atomic mass is 10.2. The van der Waals surface area contributed by atoms with Crippen LogP contribution in [0.3, 0.4) is 0 Å². The second-order valence-electron chi connectivity index (χ2n) is 6.70. The number of urea groups is 1. The van der Waals surface area contributed by atoms with Crippen LogP contribution in [0.2, 0.25) is 0 Å². The van der Waals surface area contributed by atoms with E-state index in [-0.39, 0.29) is 0 Å². The largest absolute Gasteiger partial charge is 0.497 e. The summed E-state index contributed by atoms with van der Waals surface area (Å²) in [6, 6.07) is 13.2. The highest BCUT2D eigenvalue weighted by molar-refractivity contribution is 6.01. The highest BCUT2D eigenvalue weighted by Crippen LogP contribution is 2.26. The van der Waals surface area contributed by atoms with E-state index in [1.165, 1.54) is 6.07 Å². The van der Waals surface area contributed by atoms with E-state index < -0.39 is 11.8 Å². The molecule has 2 amide bonds. The number of aromatic nitrogens is 1. The topological polar surface area (TPSA) is 66.5 Å². The first-order chi connectivity index (χ1) is 13.6. The Balaban J connectivity index is 1.50.